The maximum absolute atomic E-state index is 4.29. The molecule has 3 heteroatoms. The van der Waals surface area contributed by atoms with E-state index in [1.165, 1.54) is 37.7 Å². The van der Waals surface area contributed by atoms with Gasteiger partial charge in [-0.05, 0) is 65.3 Å². The summed E-state index contributed by atoms with van der Waals surface area (Å²) in [4.78, 5) is 4.29. The van der Waals surface area contributed by atoms with Gasteiger partial charge in [0.15, 0.2) is 0 Å². The van der Waals surface area contributed by atoms with Crippen LogP contribution in [0.3, 0.4) is 0 Å². The lowest BCUT2D eigenvalue weighted by Crippen LogP contribution is -2.29. The number of nitrogens with zero attached hydrogens (tertiary/aromatic N) is 1. The van der Waals surface area contributed by atoms with Crippen LogP contribution >= 0.6 is 15.9 Å². The lowest BCUT2D eigenvalue weighted by molar-refractivity contribution is 0.321. The molecule has 1 aromatic heterocycles. The molecule has 0 radical (unpaired) electrons. The predicted octanol–water partition coefficient (Wildman–Crippen LogP) is 4.19. The Morgan fingerprint density at radius 2 is 2.16 bits per heavy atom. The number of hydrogen-bond acceptors (Lipinski definition) is 2. The normalized spacial score (nSPS) is 17.8. The largest absolute Gasteiger partial charge is 0.316 e. The van der Waals surface area contributed by atoms with Crippen molar-refractivity contribution in [3.8, 4) is 0 Å². The van der Waals surface area contributed by atoms with E-state index in [0.717, 1.165) is 35.8 Å². The zero-order valence-electron chi connectivity index (χ0n) is 11.9. The van der Waals surface area contributed by atoms with Gasteiger partial charge in [-0.15, -0.1) is 0 Å². The first-order valence-electron chi connectivity index (χ1n) is 7.59. The van der Waals surface area contributed by atoms with Crippen LogP contribution in [0.25, 0.3) is 0 Å². The fourth-order valence-electron chi connectivity index (χ4n) is 3.17. The summed E-state index contributed by atoms with van der Waals surface area (Å²) < 4.78 is 1.09. The van der Waals surface area contributed by atoms with Crippen molar-refractivity contribution in [1.82, 2.24) is 10.3 Å². The van der Waals surface area contributed by atoms with Gasteiger partial charge in [0.05, 0.1) is 0 Å². The molecular formula is C16H25BrN2. The Labute approximate surface area is 125 Å². The number of nitrogens with one attached hydrogen (secondary N) is 1. The van der Waals surface area contributed by atoms with Gasteiger partial charge in [-0.1, -0.05) is 32.6 Å². The van der Waals surface area contributed by atoms with Crippen LogP contribution in [0.5, 0.6) is 0 Å². The second kappa shape index (κ2) is 8.01. The molecule has 1 atom stereocenters. The van der Waals surface area contributed by atoms with E-state index >= 15 is 0 Å². The minimum atomic E-state index is 0.769. The first kappa shape index (κ1) is 15.0. The van der Waals surface area contributed by atoms with Crippen LogP contribution < -0.4 is 5.32 Å². The van der Waals surface area contributed by atoms with Gasteiger partial charge in [0.1, 0.15) is 0 Å². The summed E-state index contributed by atoms with van der Waals surface area (Å²) in [7, 11) is 0. The molecule has 2 rings (SSSR count). The smallest absolute Gasteiger partial charge is 0.0410 e. The van der Waals surface area contributed by atoms with Gasteiger partial charge in [0, 0.05) is 16.9 Å². The summed E-state index contributed by atoms with van der Waals surface area (Å²) in [6.07, 6.45) is 11.9. The number of hydrogen-bond donors (Lipinski definition) is 1. The Balaban J connectivity index is 1.95. The van der Waals surface area contributed by atoms with Crippen LogP contribution in [0.2, 0.25) is 0 Å². The highest BCUT2D eigenvalue weighted by Gasteiger charge is 2.24. The van der Waals surface area contributed by atoms with Crippen molar-refractivity contribution in [2.24, 2.45) is 11.8 Å². The molecule has 1 aromatic rings. The van der Waals surface area contributed by atoms with Gasteiger partial charge >= 0.3 is 0 Å². The molecule has 1 heterocycles. The summed E-state index contributed by atoms with van der Waals surface area (Å²) in [5.41, 5.74) is 1.37. The second-order valence-corrected chi connectivity index (χ2v) is 6.64. The molecule has 0 bridgehead atoms. The Morgan fingerprint density at radius 3 is 2.84 bits per heavy atom. The van der Waals surface area contributed by atoms with Crippen molar-refractivity contribution in [2.45, 2.75) is 45.4 Å². The third-order valence-corrected chi connectivity index (χ3v) is 4.59. The zero-order chi connectivity index (χ0) is 13.5. The summed E-state index contributed by atoms with van der Waals surface area (Å²) >= 11 is 3.52. The molecule has 0 saturated heterocycles. The van der Waals surface area contributed by atoms with Crippen molar-refractivity contribution in [3.05, 3.63) is 28.5 Å². The number of pyridine rings is 1. The zero-order valence-corrected chi connectivity index (χ0v) is 13.5. The van der Waals surface area contributed by atoms with E-state index in [4.69, 9.17) is 0 Å². The van der Waals surface area contributed by atoms with Gasteiger partial charge < -0.3 is 5.32 Å². The van der Waals surface area contributed by atoms with Crippen LogP contribution in [0, 0.1) is 11.8 Å². The molecule has 1 unspecified atom stereocenters. The monoisotopic (exact) mass is 324 g/mol. The van der Waals surface area contributed by atoms with E-state index in [-0.39, 0.29) is 0 Å². The topological polar surface area (TPSA) is 24.9 Å². The highest BCUT2D eigenvalue weighted by atomic mass is 79.9. The van der Waals surface area contributed by atoms with Crippen LogP contribution in [-0.2, 0) is 6.42 Å². The fourth-order valence-corrected chi connectivity index (χ4v) is 3.58. The first-order valence-corrected chi connectivity index (χ1v) is 8.39. The summed E-state index contributed by atoms with van der Waals surface area (Å²) in [6.45, 7) is 4.53. The van der Waals surface area contributed by atoms with Crippen LogP contribution in [-0.4, -0.2) is 18.1 Å². The SMILES string of the molecule is CCCNCC(Cc1cncc(Br)c1)C1CCCC1. The molecule has 1 N–H and O–H groups in total. The number of rotatable bonds is 7. The van der Waals surface area contributed by atoms with Crippen molar-refractivity contribution in [3.63, 3.8) is 0 Å². The van der Waals surface area contributed by atoms with Gasteiger partial charge in [-0.25, -0.2) is 0 Å². The molecule has 0 amide bonds. The van der Waals surface area contributed by atoms with E-state index in [1.807, 2.05) is 12.4 Å². The van der Waals surface area contributed by atoms with E-state index < -0.39 is 0 Å². The summed E-state index contributed by atoms with van der Waals surface area (Å²) in [5, 5.41) is 3.61. The lowest BCUT2D eigenvalue weighted by atomic mass is 9.86. The molecule has 0 aliphatic heterocycles. The highest BCUT2D eigenvalue weighted by molar-refractivity contribution is 9.10. The minimum absolute atomic E-state index is 0.769. The fraction of sp³-hybridized carbons (Fsp3) is 0.688. The van der Waals surface area contributed by atoms with Gasteiger partial charge in [-0.2, -0.15) is 0 Å². The Kier molecular flexibility index (Phi) is 6.32. The third-order valence-electron chi connectivity index (χ3n) is 4.16. The average molecular weight is 325 g/mol. The summed E-state index contributed by atoms with van der Waals surface area (Å²) in [5.74, 6) is 1.67. The molecule has 2 nitrogen and oxygen atoms in total. The molecule has 0 aromatic carbocycles. The van der Waals surface area contributed by atoms with Crippen molar-refractivity contribution >= 4 is 15.9 Å². The van der Waals surface area contributed by atoms with Gasteiger partial charge in [0.25, 0.3) is 0 Å². The van der Waals surface area contributed by atoms with Crippen LogP contribution in [0.1, 0.15) is 44.6 Å². The summed E-state index contributed by atoms with van der Waals surface area (Å²) in [6, 6.07) is 2.22. The Hall–Kier alpha value is -0.410. The van der Waals surface area contributed by atoms with Crippen molar-refractivity contribution < 1.29 is 0 Å². The Bertz CT molecular complexity index is 375. The highest BCUT2D eigenvalue weighted by Crippen LogP contribution is 2.33. The van der Waals surface area contributed by atoms with E-state index in [9.17, 15) is 0 Å². The van der Waals surface area contributed by atoms with Crippen LogP contribution in [0.15, 0.2) is 22.9 Å². The Morgan fingerprint density at radius 1 is 1.37 bits per heavy atom. The number of aromatic nitrogens is 1. The molecule has 19 heavy (non-hydrogen) atoms. The van der Waals surface area contributed by atoms with Gasteiger partial charge in [0.2, 0.25) is 0 Å². The molecule has 106 valence electrons. The van der Waals surface area contributed by atoms with Gasteiger partial charge in [-0.3, -0.25) is 4.98 Å². The average Bonchev–Trinajstić information content (AvgIpc) is 2.92. The molecule has 1 fully saturated rings. The molecule has 1 aliphatic carbocycles. The molecule has 0 spiro atoms. The molecular weight excluding hydrogens is 300 g/mol. The van der Waals surface area contributed by atoms with Crippen LogP contribution in [0.4, 0.5) is 0 Å². The van der Waals surface area contributed by atoms with Crippen molar-refractivity contribution in [1.29, 1.82) is 0 Å². The molecule has 1 saturated carbocycles. The van der Waals surface area contributed by atoms with E-state index in [0.29, 0.717) is 0 Å². The minimum Gasteiger partial charge on any atom is -0.316 e. The standard InChI is InChI=1S/C16H25BrN2/c1-2-7-18-11-15(14-5-3-4-6-14)8-13-9-16(17)12-19-10-13/h9-10,12,14-15,18H,2-8,11H2,1H3. The first-order chi connectivity index (χ1) is 9.29. The maximum atomic E-state index is 4.29. The molecule has 1 aliphatic rings. The lowest BCUT2D eigenvalue weighted by Gasteiger charge is -2.24. The number of halogens is 1. The van der Waals surface area contributed by atoms with E-state index in [1.54, 1.807) is 0 Å². The maximum Gasteiger partial charge on any atom is 0.0410 e. The van der Waals surface area contributed by atoms with E-state index in [2.05, 4.69) is 39.2 Å². The van der Waals surface area contributed by atoms with Crippen molar-refractivity contribution in [2.75, 3.05) is 13.1 Å². The second-order valence-electron chi connectivity index (χ2n) is 5.72. The predicted molar refractivity (Wildman–Crippen MR) is 84.2 cm³/mol. The quantitative estimate of drug-likeness (QED) is 0.760. The third kappa shape index (κ3) is 4.88.